The molecule has 0 aliphatic rings. The molecule has 0 atom stereocenters. The molecule has 0 saturated heterocycles. The largest absolute Gasteiger partial charge is 0.370 e. The average molecular weight is 295 g/mol. The number of nitrogens with one attached hydrogen (secondary N) is 3. The van der Waals surface area contributed by atoms with Crippen LogP contribution in [-0.2, 0) is 16.6 Å². The molecule has 0 saturated carbocycles. The number of H-pyrrole nitrogens is 1. The number of hydrogen-bond acceptors (Lipinski definition) is 5. The van der Waals surface area contributed by atoms with Crippen LogP contribution in [0.5, 0.6) is 0 Å². The van der Waals surface area contributed by atoms with Gasteiger partial charge in [-0.2, -0.15) is 5.10 Å². The minimum atomic E-state index is -3.56. The van der Waals surface area contributed by atoms with Gasteiger partial charge in [0.2, 0.25) is 10.0 Å². The lowest BCUT2D eigenvalue weighted by molar-refractivity contribution is 0.581. The lowest BCUT2D eigenvalue weighted by Crippen LogP contribution is -2.23. The van der Waals surface area contributed by atoms with E-state index in [1.54, 1.807) is 12.4 Å². The summed E-state index contributed by atoms with van der Waals surface area (Å²) in [5.41, 5.74) is 0.770. The van der Waals surface area contributed by atoms with E-state index in [1.165, 1.54) is 18.3 Å². The number of anilines is 1. The lowest BCUT2D eigenvalue weighted by atomic mass is 10.4. The molecule has 0 aliphatic heterocycles. The highest BCUT2D eigenvalue weighted by Crippen LogP contribution is 2.13. The van der Waals surface area contributed by atoms with E-state index in [1.807, 2.05) is 6.92 Å². The van der Waals surface area contributed by atoms with Gasteiger partial charge in [0.05, 0.1) is 11.1 Å². The van der Waals surface area contributed by atoms with E-state index < -0.39 is 10.0 Å². The molecule has 2 aromatic heterocycles. The van der Waals surface area contributed by atoms with Crippen LogP contribution in [0.3, 0.4) is 0 Å². The molecular weight excluding hydrogens is 278 g/mol. The lowest BCUT2D eigenvalue weighted by Gasteiger charge is -2.08. The van der Waals surface area contributed by atoms with Crippen molar-refractivity contribution < 1.29 is 8.42 Å². The summed E-state index contributed by atoms with van der Waals surface area (Å²) in [6.45, 7) is 2.97. The summed E-state index contributed by atoms with van der Waals surface area (Å²) in [4.78, 5) is 4.27. The van der Waals surface area contributed by atoms with Crippen molar-refractivity contribution in [2.75, 3.05) is 11.9 Å². The maximum Gasteiger partial charge on any atom is 0.241 e. The topological polar surface area (TPSA) is 99.8 Å². The maximum atomic E-state index is 12.2. The molecule has 2 heterocycles. The standard InChI is InChI=1S/C12H17N5O2S/c1-2-4-13-12-6-11(3-5-14-12)20(18,19)17-9-10-7-15-16-8-10/h3,5-8,17H,2,4,9H2,1H3,(H,13,14)(H,15,16). The fourth-order valence-corrected chi connectivity index (χ4v) is 2.59. The van der Waals surface area contributed by atoms with Gasteiger partial charge in [-0.25, -0.2) is 18.1 Å². The Labute approximate surface area is 117 Å². The molecule has 0 fully saturated rings. The molecule has 0 amide bonds. The second-order valence-corrected chi connectivity index (χ2v) is 6.00. The maximum absolute atomic E-state index is 12.2. The van der Waals surface area contributed by atoms with E-state index in [4.69, 9.17) is 0 Å². The monoisotopic (exact) mass is 295 g/mol. The van der Waals surface area contributed by atoms with E-state index in [-0.39, 0.29) is 11.4 Å². The number of nitrogens with zero attached hydrogens (tertiary/aromatic N) is 2. The molecule has 0 aromatic carbocycles. The zero-order valence-corrected chi connectivity index (χ0v) is 11.9. The first-order valence-corrected chi connectivity index (χ1v) is 7.77. The molecule has 0 bridgehead atoms. The first-order valence-electron chi connectivity index (χ1n) is 6.29. The summed E-state index contributed by atoms with van der Waals surface area (Å²) in [5.74, 6) is 0.554. The van der Waals surface area contributed by atoms with Gasteiger partial charge in [0, 0.05) is 37.1 Å². The van der Waals surface area contributed by atoms with Gasteiger partial charge in [0.25, 0.3) is 0 Å². The van der Waals surface area contributed by atoms with Crippen molar-refractivity contribution in [3.8, 4) is 0 Å². The Kier molecular flexibility index (Phi) is 4.70. The van der Waals surface area contributed by atoms with E-state index in [9.17, 15) is 8.42 Å². The molecule has 8 heteroatoms. The van der Waals surface area contributed by atoms with Crippen molar-refractivity contribution in [1.29, 1.82) is 0 Å². The quantitative estimate of drug-likeness (QED) is 0.710. The summed E-state index contributed by atoms with van der Waals surface area (Å²) < 4.78 is 26.8. The fraction of sp³-hybridized carbons (Fsp3) is 0.333. The minimum Gasteiger partial charge on any atom is -0.370 e. The van der Waals surface area contributed by atoms with Crippen molar-refractivity contribution in [1.82, 2.24) is 19.9 Å². The van der Waals surface area contributed by atoms with E-state index in [0.29, 0.717) is 5.82 Å². The molecule has 2 rings (SSSR count). The first-order chi connectivity index (χ1) is 9.62. The fourth-order valence-electron chi connectivity index (χ4n) is 1.56. The Hall–Kier alpha value is -1.93. The average Bonchev–Trinajstić information content (AvgIpc) is 2.97. The van der Waals surface area contributed by atoms with Crippen LogP contribution in [0.1, 0.15) is 18.9 Å². The van der Waals surface area contributed by atoms with Crippen LogP contribution >= 0.6 is 0 Å². The van der Waals surface area contributed by atoms with Gasteiger partial charge in [0.15, 0.2) is 0 Å². The van der Waals surface area contributed by atoms with Gasteiger partial charge >= 0.3 is 0 Å². The minimum absolute atomic E-state index is 0.189. The van der Waals surface area contributed by atoms with Crippen molar-refractivity contribution in [2.45, 2.75) is 24.8 Å². The predicted octanol–water partition coefficient (Wildman–Crippen LogP) is 1.11. The highest BCUT2D eigenvalue weighted by Gasteiger charge is 2.14. The number of sulfonamides is 1. The van der Waals surface area contributed by atoms with Crippen molar-refractivity contribution in [2.24, 2.45) is 0 Å². The second kappa shape index (κ2) is 6.49. The normalized spacial score (nSPS) is 11.4. The molecule has 20 heavy (non-hydrogen) atoms. The Balaban J connectivity index is 2.08. The number of hydrogen-bond donors (Lipinski definition) is 3. The number of rotatable bonds is 7. The Morgan fingerprint density at radius 2 is 2.25 bits per heavy atom. The van der Waals surface area contributed by atoms with Gasteiger partial charge in [0.1, 0.15) is 5.82 Å². The van der Waals surface area contributed by atoms with Gasteiger partial charge in [-0.15, -0.1) is 0 Å². The van der Waals surface area contributed by atoms with Crippen LogP contribution < -0.4 is 10.0 Å². The third-order valence-corrected chi connectivity index (χ3v) is 4.02. The highest BCUT2D eigenvalue weighted by atomic mass is 32.2. The van der Waals surface area contributed by atoms with Crippen LogP contribution in [0.15, 0.2) is 35.6 Å². The molecule has 3 N–H and O–H groups in total. The summed E-state index contributed by atoms with van der Waals surface area (Å²) in [7, 11) is -3.56. The molecule has 7 nitrogen and oxygen atoms in total. The zero-order chi connectivity index (χ0) is 14.4. The third kappa shape index (κ3) is 3.78. The van der Waals surface area contributed by atoms with Gasteiger partial charge in [-0.3, -0.25) is 5.10 Å². The first kappa shape index (κ1) is 14.5. The van der Waals surface area contributed by atoms with E-state index >= 15 is 0 Å². The van der Waals surface area contributed by atoms with Crippen LogP contribution in [0.25, 0.3) is 0 Å². The Bertz CT molecular complexity index is 640. The summed E-state index contributed by atoms with van der Waals surface area (Å²) in [6.07, 6.45) is 5.63. The molecule has 2 aromatic rings. The number of pyridine rings is 1. The van der Waals surface area contributed by atoms with E-state index in [0.717, 1.165) is 18.5 Å². The van der Waals surface area contributed by atoms with Crippen LogP contribution in [0.2, 0.25) is 0 Å². The SMILES string of the molecule is CCCNc1cc(S(=O)(=O)NCc2cn[nH]c2)ccn1. The number of aromatic nitrogens is 3. The molecule has 0 radical (unpaired) electrons. The van der Waals surface area contributed by atoms with Crippen molar-refractivity contribution in [3.63, 3.8) is 0 Å². The summed E-state index contributed by atoms with van der Waals surface area (Å²) >= 11 is 0. The third-order valence-electron chi connectivity index (χ3n) is 2.62. The smallest absolute Gasteiger partial charge is 0.241 e. The second-order valence-electron chi connectivity index (χ2n) is 4.23. The van der Waals surface area contributed by atoms with Crippen molar-refractivity contribution >= 4 is 15.8 Å². The van der Waals surface area contributed by atoms with Gasteiger partial charge in [-0.05, 0) is 12.5 Å². The van der Waals surface area contributed by atoms with Crippen LogP contribution in [0, 0.1) is 0 Å². The van der Waals surface area contributed by atoms with Gasteiger partial charge < -0.3 is 5.32 Å². The molecule has 0 aliphatic carbocycles. The van der Waals surface area contributed by atoms with E-state index in [2.05, 4.69) is 25.2 Å². The van der Waals surface area contributed by atoms with Gasteiger partial charge in [-0.1, -0.05) is 6.92 Å². The van der Waals surface area contributed by atoms with Crippen molar-refractivity contribution in [3.05, 3.63) is 36.3 Å². The Morgan fingerprint density at radius 1 is 1.40 bits per heavy atom. The van der Waals surface area contributed by atoms with Crippen LogP contribution in [0.4, 0.5) is 5.82 Å². The zero-order valence-electron chi connectivity index (χ0n) is 11.1. The predicted molar refractivity (Wildman–Crippen MR) is 75.6 cm³/mol. The molecule has 0 unspecified atom stereocenters. The molecule has 0 spiro atoms. The summed E-state index contributed by atoms with van der Waals surface area (Å²) in [6, 6.07) is 2.99. The summed E-state index contributed by atoms with van der Waals surface area (Å²) in [5, 5.41) is 9.45. The number of aromatic amines is 1. The molecule has 108 valence electrons. The Morgan fingerprint density at radius 3 is 2.95 bits per heavy atom. The van der Waals surface area contributed by atoms with Crippen LogP contribution in [-0.4, -0.2) is 30.1 Å². The highest BCUT2D eigenvalue weighted by molar-refractivity contribution is 7.89. The molecular formula is C12H17N5O2S.